The summed E-state index contributed by atoms with van der Waals surface area (Å²) in [6, 6.07) is 0. The maximum atomic E-state index is 9.89. The predicted molar refractivity (Wildman–Crippen MR) is 39.0 cm³/mol. The van der Waals surface area contributed by atoms with Crippen LogP contribution in [-0.4, -0.2) is 0 Å². The minimum Gasteiger partial charge on any atom is -0.145 e. The molecule has 0 saturated heterocycles. The number of hydrogen-bond acceptors (Lipinski definition) is 2. The Kier molecular flexibility index (Phi) is 4.69. The molecule has 0 atom stereocenters. The Hall–Kier alpha value is -0.920. The summed E-state index contributed by atoms with van der Waals surface area (Å²) in [6.45, 7) is 5.34. The first kappa shape index (κ1) is 8.08. The maximum absolute atomic E-state index is 9.89. The Morgan fingerprint density at radius 1 is 1.78 bits per heavy atom. The summed E-state index contributed by atoms with van der Waals surface area (Å²) in [6.07, 6.45) is 5.03. The van der Waals surface area contributed by atoms with Crippen LogP contribution in [0.5, 0.6) is 0 Å². The van der Waals surface area contributed by atoms with Crippen molar-refractivity contribution in [2.75, 3.05) is 0 Å². The quantitative estimate of drug-likeness (QED) is 0.419. The molecule has 0 aliphatic carbocycles. The number of rotatable bonds is 4. The maximum Gasteiger partial charge on any atom is 0.0809 e. The first-order valence-electron chi connectivity index (χ1n) is 2.94. The number of hydrogen-bond donors (Lipinski definition) is 0. The minimum absolute atomic E-state index is 0.606. The van der Waals surface area contributed by atoms with Crippen LogP contribution >= 0.6 is 0 Å². The van der Waals surface area contributed by atoms with E-state index in [0.29, 0.717) is 12.1 Å². The second-order valence-corrected chi connectivity index (χ2v) is 1.70. The van der Waals surface area contributed by atoms with Crippen LogP contribution in [0, 0.1) is 4.91 Å². The Labute approximate surface area is 55.2 Å². The van der Waals surface area contributed by atoms with Gasteiger partial charge < -0.3 is 0 Å². The predicted octanol–water partition coefficient (Wildman–Crippen LogP) is 2.62. The van der Waals surface area contributed by atoms with E-state index in [9.17, 15) is 4.91 Å². The van der Waals surface area contributed by atoms with E-state index in [0.717, 1.165) is 6.42 Å². The van der Waals surface area contributed by atoms with Crippen LogP contribution in [-0.2, 0) is 0 Å². The number of nitrogens with zero attached hydrogens (tertiary/aromatic N) is 1. The van der Waals surface area contributed by atoms with Crippen LogP contribution in [0.4, 0.5) is 0 Å². The molecule has 0 radical (unpaired) electrons. The van der Waals surface area contributed by atoms with Crippen LogP contribution in [0.2, 0.25) is 0 Å². The van der Waals surface area contributed by atoms with E-state index in [-0.39, 0.29) is 0 Å². The largest absolute Gasteiger partial charge is 0.145 e. The summed E-state index contributed by atoms with van der Waals surface area (Å²) in [5.41, 5.74) is 0.606. The van der Waals surface area contributed by atoms with E-state index in [4.69, 9.17) is 0 Å². The highest BCUT2D eigenvalue weighted by molar-refractivity contribution is 4.98. The normalized spacial score (nSPS) is 11.0. The first-order chi connectivity index (χ1) is 4.35. The molecule has 0 fully saturated rings. The third-order valence-electron chi connectivity index (χ3n) is 1.06. The fraction of sp³-hybridized carbons (Fsp3) is 0.429. The van der Waals surface area contributed by atoms with Gasteiger partial charge in [0, 0.05) is 0 Å². The summed E-state index contributed by atoms with van der Waals surface area (Å²) in [7, 11) is 0. The van der Waals surface area contributed by atoms with Gasteiger partial charge in [-0.3, -0.25) is 0 Å². The summed E-state index contributed by atoms with van der Waals surface area (Å²) in [5, 5.41) is 2.81. The van der Waals surface area contributed by atoms with E-state index in [1.165, 1.54) is 0 Å². The molecule has 0 aliphatic rings. The molecule has 0 bridgehead atoms. The minimum atomic E-state index is 0.606. The monoisotopic (exact) mass is 125 g/mol. The highest BCUT2D eigenvalue weighted by Crippen LogP contribution is 2.05. The molecular formula is C7H11NO. The van der Waals surface area contributed by atoms with E-state index in [1.54, 1.807) is 19.1 Å². The van der Waals surface area contributed by atoms with Gasteiger partial charge in [0.2, 0.25) is 0 Å². The highest BCUT2D eigenvalue weighted by Gasteiger charge is 1.90. The second kappa shape index (κ2) is 5.22. The molecule has 0 aromatic rings. The molecular weight excluding hydrogens is 114 g/mol. The molecule has 0 rings (SSSR count). The standard InChI is InChI=1S/C7H11NO/c1-3-5-6-7(4-2)8-9/h3-4H,1,5-6H2,2H3/b7-4+. The Morgan fingerprint density at radius 3 is 2.78 bits per heavy atom. The first-order valence-corrected chi connectivity index (χ1v) is 2.94. The van der Waals surface area contributed by atoms with Gasteiger partial charge in [0.25, 0.3) is 0 Å². The van der Waals surface area contributed by atoms with Gasteiger partial charge in [0.1, 0.15) is 0 Å². The topological polar surface area (TPSA) is 29.4 Å². The van der Waals surface area contributed by atoms with E-state index >= 15 is 0 Å². The van der Waals surface area contributed by atoms with Crippen molar-refractivity contribution in [3.05, 3.63) is 29.3 Å². The van der Waals surface area contributed by atoms with Crippen molar-refractivity contribution in [2.45, 2.75) is 19.8 Å². The van der Waals surface area contributed by atoms with Crippen LogP contribution in [0.15, 0.2) is 29.6 Å². The Morgan fingerprint density at radius 2 is 2.44 bits per heavy atom. The molecule has 0 N–H and O–H groups in total. The third kappa shape index (κ3) is 3.64. The van der Waals surface area contributed by atoms with Gasteiger partial charge in [-0.05, 0) is 24.9 Å². The van der Waals surface area contributed by atoms with Crippen molar-refractivity contribution < 1.29 is 0 Å². The lowest BCUT2D eigenvalue weighted by Crippen LogP contribution is -1.74. The zero-order valence-corrected chi connectivity index (χ0v) is 5.63. The molecule has 0 aliphatic heterocycles. The van der Waals surface area contributed by atoms with Gasteiger partial charge in [0.05, 0.1) is 5.70 Å². The molecule has 2 nitrogen and oxygen atoms in total. The van der Waals surface area contributed by atoms with Crippen molar-refractivity contribution in [1.82, 2.24) is 0 Å². The van der Waals surface area contributed by atoms with E-state index in [2.05, 4.69) is 11.8 Å². The smallest absolute Gasteiger partial charge is 0.0809 e. The molecule has 0 amide bonds. The Balaban J connectivity index is 3.57. The van der Waals surface area contributed by atoms with Gasteiger partial charge in [-0.2, -0.15) is 0 Å². The third-order valence-corrected chi connectivity index (χ3v) is 1.06. The van der Waals surface area contributed by atoms with Crippen LogP contribution < -0.4 is 0 Å². The van der Waals surface area contributed by atoms with E-state index in [1.807, 2.05) is 0 Å². The molecule has 0 heterocycles. The lowest BCUT2D eigenvalue weighted by molar-refractivity contribution is 0.954. The molecule has 2 heteroatoms. The van der Waals surface area contributed by atoms with Gasteiger partial charge in [-0.15, -0.1) is 11.5 Å². The number of nitroso groups, excluding NO2 is 1. The fourth-order valence-corrected chi connectivity index (χ4v) is 0.493. The van der Waals surface area contributed by atoms with Crippen molar-refractivity contribution in [1.29, 1.82) is 0 Å². The van der Waals surface area contributed by atoms with Gasteiger partial charge in [0.15, 0.2) is 0 Å². The summed E-state index contributed by atoms with van der Waals surface area (Å²) in [5.74, 6) is 0. The van der Waals surface area contributed by atoms with Crippen LogP contribution in [0.1, 0.15) is 19.8 Å². The van der Waals surface area contributed by atoms with Gasteiger partial charge in [-0.25, -0.2) is 0 Å². The SMILES string of the molecule is C=CCC/C(=C\C)N=O. The zero-order valence-electron chi connectivity index (χ0n) is 5.63. The van der Waals surface area contributed by atoms with Crippen molar-refractivity contribution in [3.8, 4) is 0 Å². The van der Waals surface area contributed by atoms with Gasteiger partial charge in [-0.1, -0.05) is 12.2 Å². The average Bonchev–Trinajstić information content (AvgIpc) is 1.91. The molecule has 0 aromatic carbocycles. The lowest BCUT2D eigenvalue weighted by atomic mass is 10.2. The lowest BCUT2D eigenvalue weighted by Gasteiger charge is -1.89. The molecule has 9 heavy (non-hydrogen) atoms. The molecule has 0 saturated carbocycles. The van der Waals surface area contributed by atoms with Crippen molar-refractivity contribution in [2.24, 2.45) is 5.18 Å². The number of allylic oxidation sites excluding steroid dienone is 3. The molecule has 0 unspecified atom stereocenters. The Bertz CT molecular complexity index is 127. The summed E-state index contributed by atoms with van der Waals surface area (Å²) >= 11 is 0. The summed E-state index contributed by atoms with van der Waals surface area (Å²) < 4.78 is 0. The zero-order chi connectivity index (χ0) is 7.11. The van der Waals surface area contributed by atoms with Crippen LogP contribution in [0.25, 0.3) is 0 Å². The van der Waals surface area contributed by atoms with Crippen molar-refractivity contribution in [3.63, 3.8) is 0 Å². The van der Waals surface area contributed by atoms with E-state index < -0.39 is 0 Å². The summed E-state index contributed by atoms with van der Waals surface area (Å²) in [4.78, 5) is 9.89. The van der Waals surface area contributed by atoms with Crippen LogP contribution in [0.3, 0.4) is 0 Å². The second-order valence-electron chi connectivity index (χ2n) is 1.70. The fourth-order valence-electron chi connectivity index (χ4n) is 0.493. The molecule has 0 aromatic heterocycles. The highest BCUT2D eigenvalue weighted by atomic mass is 16.3. The molecule has 50 valence electrons. The average molecular weight is 125 g/mol. The van der Waals surface area contributed by atoms with Crippen molar-refractivity contribution >= 4 is 0 Å². The van der Waals surface area contributed by atoms with Gasteiger partial charge >= 0.3 is 0 Å². The molecule has 0 spiro atoms.